The van der Waals surface area contributed by atoms with Crippen LogP contribution in [0.5, 0.6) is 0 Å². The third-order valence-corrected chi connectivity index (χ3v) is 12.0. The van der Waals surface area contributed by atoms with Gasteiger partial charge in [0.05, 0.1) is 44.4 Å². The lowest BCUT2D eigenvalue weighted by Crippen LogP contribution is -2.69. The van der Waals surface area contributed by atoms with E-state index >= 15 is 0 Å². The summed E-state index contributed by atoms with van der Waals surface area (Å²) in [6.07, 6.45) is -1.87. The Labute approximate surface area is 363 Å². The zero-order valence-corrected chi connectivity index (χ0v) is 38.5. The van der Waals surface area contributed by atoms with Gasteiger partial charge in [0.25, 0.3) is 0 Å². The number of allylic oxidation sites excluding steroid dienone is 3. The monoisotopic (exact) mass is 870 g/mol. The van der Waals surface area contributed by atoms with E-state index in [-0.39, 0.29) is 31.5 Å². The fraction of sp³-hybridized carbons (Fsp3) is 0.822. The number of aliphatic hydroxyl groups excluding tert-OH is 1. The number of quaternary nitrogens is 1. The molecule has 3 aliphatic rings. The molecule has 15 atom stereocenters. The number of ketones is 1. The number of aliphatic hydroxyl groups is 1. The van der Waals surface area contributed by atoms with Crippen LogP contribution in [0.25, 0.3) is 0 Å². The maximum Gasteiger partial charge on any atom is 0.309 e. The van der Waals surface area contributed by atoms with Crippen LogP contribution in [0.4, 0.5) is 0 Å². The van der Waals surface area contributed by atoms with Crippen molar-refractivity contribution in [2.75, 3.05) is 34.9 Å². The highest BCUT2D eigenvalue weighted by molar-refractivity contribution is 5.91. The van der Waals surface area contributed by atoms with Gasteiger partial charge >= 0.3 is 11.9 Å². The van der Waals surface area contributed by atoms with E-state index in [1.54, 1.807) is 53.0 Å². The Balaban J connectivity index is 2.02. The summed E-state index contributed by atoms with van der Waals surface area (Å²) >= 11 is 0. The minimum atomic E-state index is -1.63. The number of carbonyl (C=O) groups is 4. The summed E-state index contributed by atoms with van der Waals surface area (Å²) in [6.45, 7) is 15.4. The molecule has 61 heavy (non-hydrogen) atoms. The Morgan fingerprint density at radius 2 is 1.75 bits per heavy atom. The number of carbonyl (C=O) groups excluding carboxylic acids is 4. The smallest absolute Gasteiger partial charge is 0.309 e. The average molecular weight is 870 g/mol. The number of nitrogens with zero attached hydrogens (tertiary/aromatic N) is 1. The van der Waals surface area contributed by atoms with Crippen LogP contribution in [-0.2, 0) is 61.8 Å². The van der Waals surface area contributed by atoms with Gasteiger partial charge in [-0.3, -0.25) is 14.4 Å². The Bertz CT molecular complexity index is 1450. The van der Waals surface area contributed by atoms with Crippen LogP contribution < -0.4 is 0 Å². The summed E-state index contributed by atoms with van der Waals surface area (Å²) in [6, 6.07) is -1.20. The van der Waals surface area contributed by atoms with E-state index in [9.17, 15) is 29.5 Å². The number of likely N-dealkylation sites (N-methyl/N-ethyl adjacent to an activating group) is 1. The highest BCUT2D eigenvalue weighted by atomic mass is 16.7. The average Bonchev–Trinajstić information content (AvgIpc) is 3.17. The first-order chi connectivity index (χ1) is 28.7. The SMILES string of the molecule is CCC(=O)O[C@@H]1CC(=O)O[C@H](C)C/C=C/C=C/C(=O)[C@H](C)C[C@H](CC=O)[C@H](O[C@@H]2O[C@H](C)[C@@H](O[C@H]3C[C@@](C)(OC)[C@@H](OCCCC(C)C)[C@H](C)O3)[C@H]([N+](C)(C)[O-])[C@H]2O)[C@H]1OC. The molecular weight excluding hydrogens is 794 g/mol. The van der Waals surface area contributed by atoms with Gasteiger partial charge in [-0.05, 0) is 64.9 Å². The van der Waals surface area contributed by atoms with E-state index in [1.165, 1.54) is 27.3 Å². The van der Waals surface area contributed by atoms with Crippen LogP contribution in [0.2, 0.25) is 0 Å². The molecule has 16 heteroatoms. The van der Waals surface area contributed by atoms with E-state index in [4.69, 9.17) is 42.6 Å². The van der Waals surface area contributed by atoms with Crippen molar-refractivity contribution < 1.29 is 71.6 Å². The molecule has 0 aromatic heterocycles. The molecule has 3 rings (SSSR count). The number of methoxy groups -OCH3 is 2. The molecule has 0 radical (unpaired) electrons. The first kappa shape index (κ1) is 52.7. The number of aldehydes is 1. The lowest BCUT2D eigenvalue weighted by atomic mass is 9.83. The van der Waals surface area contributed by atoms with Crippen LogP contribution in [0, 0.1) is 23.0 Å². The zero-order valence-electron chi connectivity index (χ0n) is 38.5. The Morgan fingerprint density at radius 3 is 2.36 bits per heavy atom. The first-order valence-electron chi connectivity index (χ1n) is 21.9. The van der Waals surface area contributed by atoms with Gasteiger partial charge in [-0.2, -0.15) is 0 Å². The highest BCUT2D eigenvalue weighted by Gasteiger charge is 2.55. The molecule has 0 saturated carbocycles. The summed E-state index contributed by atoms with van der Waals surface area (Å²) in [4.78, 5) is 51.9. The molecule has 0 aromatic carbocycles. The van der Waals surface area contributed by atoms with E-state index in [0.717, 1.165) is 12.8 Å². The molecule has 16 nitrogen and oxygen atoms in total. The first-order valence-corrected chi connectivity index (χ1v) is 21.9. The molecule has 3 aliphatic heterocycles. The molecule has 2 saturated heterocycles. The fourth-order valence-corrected chi connectivity index (χ4v) is 8.59. The van der Waals surface area contributed by atoms with Crippen LogP contribution in [0.15, 0.2) is 24.3 Å². The van der Waals surface area contributed by atoms with Crippen LogP contribution in [-0.4, -0.2) is 148 Å². The largest absolute Gasteiger partial charge is 0.633 e. The number of hydrogen-bond donors (Lipinski definition) is 1. The molecule has 1 N–H and O–H groups in total. The molecule has 0 unspecified atom stereocenters. The van der Waals surface area contributed by atoms with Gasteiger partial charge in [-0.15, -0.1) is 0 Å². The van der Waals surface area contributed by atoms with Gasteiger partial charge in [-0.1, -0.05) is 45.9 Å². The van der Waals surface area contributed by atoms with E-state index < -0.39 is 114 Å². The normalized spacial score (nSPS) is 38.4. The van der Waals surface area contributed by atoms with Crippen molar-refractivity contribution >= 4 is 24.0 Å². The molecule has 0 aliphatic carbocycles. The topological polar surface area (TPSA) is 195 Å². The Morgan fingerprint density at radius 1 is 1.05 bits per heavy atom. The summed E-state index contributed by atoms with van der Waals surface area (Å²) in [5, 5.41) is 26.2. The molecular formula is C45H75NO15. The van der Waals surface area contributed by atoms with Crippen molar-refractivity contribution in [3.8, 4) is 0 Å². The second kappa shape index (κ2) is 24.4. The predicted molar refractivity (Wildman–Crippen MR) is 225 cm³/mol. The maximum atomic E-state index is 14.1. The van der Waals surface area contributed by atoms with Gasteiger partial charge in [0, 0.05) is 52.4 Å². The standard InChI is InChI=1S/C45H75NO15/c1-13-35(49)59-34-25-36(50)56-29(5)19-15-14-16-20-33(48)28(4)24-32(21-22-47)41(42(34)53-11)61-44-39(51)38(46(9,10)52)40(30(6)58-44)60-37-26-45(8,54-12)43(31(7)57-37)55-23-17-18-27(2)3/h14-16,20,22,27-32,34,37-44,51H,13,17-19,21,23-26H2,1-12H3/b15-14+,20-16+/t28-,29-,30-,31+,32+,34-,37+,38-,39-,40-,41+,42+,43+,44+,45-/m1/s1. The van der Waals surface area contributed by atoms with Gasteiger partial charge in [0.1, 0.15) is 42.8 Å². The van der Waals surface area contributed by atoms with Crippen molar-refractivity contribution in [1.82, 2.24) is 0 Å². The van der Waals surface area contributed by atoms with Gasteiger partial charge < -0.3 is 62.4 Å². The van der Waals surface area contributed by atoms with Crippen LogP contribution in [0.3, 0.4) is 0 Å². The Kier molecular flexibility index (Phi) is 21.1. The van der Waals surface area contributed by atoms with Gasteiger partial charge in [0.2, 0.25) is 0 Å². The van der Waals surface area contributed by atoms with E-state index in [0.29, 0.717) is 25.2 Å². The molecule has 3 heterocycles. The molecule has 0 aromatic rings. The molecule has 350 valence electrons. The second-order valence-electron chi connectivity index (χ2n) is 18.0. The van der Waals surface area contributed by atoms with Gasteiger partial charge in [0.15, 0.2) is 24.5 Å². The lowest BCUT2D eigenvalue weighted by molar-refractivity contribution is -0.879. The minimum Gasteiger partial charge on any atom is -0.633 e. The van der Waals surface area contributed by atoms with Crippen LogP contribution in [0.1, 0.15) is 107 Å². The summed E-state index contributed by atoms with van der Waals surface area (Å²) in [7, 11) is 5.71. The number of cyclic esters (lactones) is 1. The van der Waals surface area contributed by atoms with Gasteiger partial charge in [-0.25, -0.2) is 0 Å². The quantitative estimate of drug-likeness (QED) is 0.0704. The zero-order chi connectivity index (χ0) is 45.7. The highest BCUT2D eigenvalue weighted by Crippen LogP contribution is 2.39. The van der Waals surface area contributed by atoms with Crippen molar-refractivity contribution in [2.45, 2.75) is 186 Å². The number of hydroxylamine groups is 3. The number of rotatable bonds is 16. The Hall–Kier alpha value is -2.64. The third kappa shape index (κ3) is 15.3. The summed E-state index contributed by atoms with van der Waals surface area (Å²) in [5.41, 5.74) is -0.805. The molecule has 0 spiro atoms. The van der Waals surface area contributed by atoms with E-state index in [1.807, 2.05) is 13.8 Å². The molecule has 2 fully saturated rings. The predicted octanol–water partition coefficient (Wildman–Crippen LogP) is 5.14. The number of ether oxygens (including phenoxy) is 9. The van der Waals surface area contributed by atoms with E-state index in [2.05, 4.69) is 13.8 Å². The van der Waals surface area contributed by atoms with Crippen LogP contribution >= 0.6 is 0 Å². The molecule has 0 amide bonds. The third-order valence-electron chi connectivity index (χ3n) is 12.0. The minimum absolute atomic E-state index is 0.0229. The number of esters is 2. The van der Waals surface area contributed by atoms with Crippen molar-refractivity contribution in [2.24, 2.45) is 17.8 Å². The maximum absolute atomic E-state index is 14.1. The summed E-state index contributed by atoms with van der Waals surface area (Å²) in [5.74, 6) is -2.39. The van der Waals surface area contributed by atoms with Crippen molar-refractivity contribution in [3.63, 3.8) is 0 Å². The number of hydrogen-bond acceptors (Lipinski definition) is 15. The fourth-order valence-electron chi connectivity index (χ4n) is 8.59. The lowest BCUT2D eigenvalue weighted by Gasteiger charge is -2.54. The second-order valence-corrected chi connectivity index (χ2v) is 18.0. The van der Waals surface area contributed by atoms with Crippen molar-refractivity contribution in [1.29, 1.82) is 0 Å². The molecule has 0 bridgehead atoms. The van der Waals surface area contributed by atoms with Crippen molar-refractivity contribution in [3.05, 3.63) is 29.5 Å². The summed E-state index contributed by atoms with van der Waals surface area (Å²) < 4.78 is 54.7.